The minimum absolute atomic E-state index is 0.0480. The third kappa shape index (κ3) is 7.43. The molecule has 0 bridgehead atoms. The van der Waals surface area contributed by atoms with Crippen LogP contribution in [0.15, 0.2) is 29.4 Å². The van der Waals surface area contributed by atoms with E-state index in [1.165, 1.54) is 23.5 Å². The van der Waals surface area contributed by atoms with Crippen molar-refractivity contribution >= 4 is 40.8 Å². The Kier molecular flexibility index (Phi) is 8.93. The van der Waals surface area contributed by atoms with Crippen molar-refractivity contribution in [2.24, 2.45) is 0 Å². The zero-order valence-corrected chi connectivity index (χ0v) is 24.2. The van der Waals surface area contributed by atoms with Crippen LogP contribution in [0.2, 0.25) is 30.7 Å². The third-order valence-corrected chi connectivity index (χ3v) is 9.27. The van der Waals surface area contributed by atoms with E-state index < -0.39 is 29.8 Å². The number of hydrogen-bond donors (Lipinski definition) is 0. The average molecular weight is 560 g/mol. The summed E-state index contributed by atoms with van der Waals surface area (Å²) in [5.74, 6) is -0.220. The molecular weight excluding hydrogens is 529 g/mol. The summed E-state index contributed by atoms with van der Waals surface area (Å²) in [6.07, 6.45) is 2.05. The molecule has 0 fully saturated rings. The van der Waals surface area contributed by atoms with E-state index in [2.05, 4.69) is 29.6 Å². The Bertz CT molecular complexity index is 1290. The molecule has 35 heavy (non-hydrogen) atoms. The zero-order valence-electron chi connectivity index (χ0n) is 20.8. The molecule has 7 nitrogen and oxygen atoms in total. The fourth-order valence-corrected chi connectivity index (χ4v) is 5.96. The highest BCUT2D eigenvalue weighted by Crippen LogP contribution is 2.32. The summed E-state index contributed by atoms with van der Waals surface area (Å²) in [7, 11) is -4.92. The SMILES string of the molecule is Cc1cnc(COC(c2ccc(F)c(Cl)c2)c2nc(S(C)(=O)=O)c(C)n2COCC[Si](C)(C)C)s1. The Hall–Kier alpha value is -1.63. The average Bonchev–Trinajstić information content (AvgIpc) is 3.30. The molecule has 0 saturated carbocycles. The molecule has 1 unspecified atom stereocenters. The fraction of sp³-hybridized carbons (Fsp3) is 0.478. The van der Waals surface area contributed by atoms with Gasteiger partial charge in [0.25, 0.3) is 0 Å². The van der Waals surface area contributed by atoms with Crippen molar-refractivity contribution in [2.45, 2.75) is 64.0 Å². The van der Waals surface area contributed by atoms with Gasteiger partial charge >= 0.3 is 0 Å². The van der Waals surface area contributed by atoms with Crippen LogP contribution < -0.4 is 0 Å². The number of thiazole rings is 1. The lowest BCUT2D eigenvalue weighted by Crippen LogP contribution is -2.22. The van der Waals surface area contributed by atoms with E-state index in [0.29, 0.717) is 23.7 Å². The van der Waals surface area contributed by atoms with Gasteiger partial charge in [-0.3, -0.25) is 0 Å². The number of nitrogens with zero attached hydrogens (tertiary/aromatic N) is 3. The van der Waals surface area contributed by atoms with Gasteiger partial charge in [0.1, 0.15) is 29.5 Å². The van der Waals surface area contributed by atoms with Crippen LogP contribution in [0.1, 0.15) is 33.1 Å². The molecule has 0 aliphatic carbocycles. The molecule has 12 heteroatoms. The second kappa shape index (κ2) is 11.2. The molecule has 0 amide bonds. The highest BCUT2D eigenvalue weighted by atomic mass is 35.5. The number of hydrogen-bond acceptors (Lipinski definition) is 7. The second-order valence-electron chi connectivity index (χ2n) is 9.64. The van der Waals surface area contributed by atoms with Crippen molar-refractivity contribution in [1.29, 1.82) is 0 Å². The van der Waals surface area contributed by atoms with Gasteiger partial charge in [0.05, 0.1) is 17.3 Å². The third-order valence-electron chi connectivity index (χ3n) is 5.30. The van der Waals surface area contributed by atoms with Crippen molar-refractivity contribution in [3.63, 3.8) is 0 Å². The number of benzene rings is 1. The number of halogens is 2. The van der Waals surface area contributed by atoms with Gasteiger partial charge < -0.3 is 14.0 Å². The predicted molar refractivity (Wildman–Crippen MR) is 139 cm³/mol. The van der Waals surface area contributed by atoms with Gasteiger partial charge in [-0.2, -0.15) is 0 Å². The van der Waals surface area contributed by atoms with E-state index >= 15 is 0 Å². The largest absolute Gasteiger partial charge is 0.361 e. The number of aromatic nitrogens is 3. The van der Waals surface area contributed by atoms with Crippen LogP contribution in [0.3, 0.4) is 0 Å². The first-order chi connectivity index (χ1) is 16.3. The van der Waals surface area contributed by atoms with Crippen molar-refractivity contribution in [3.05, 3.63) is 62.2 Å². The van der Waals surface area contributed by atoms with Gasteiger partial charge in [0, 0.05) is 32.0 Å². The first kappa shape index (κ1) is 27.9. The van der Waals surface area contributed by atoms with Crippen molar-refractivity contribution in [1.82, 2.24) is 14.5 Å². The van der Waals surface area contributed by atoms with E-state index in [-0.39, 0.29) is 23.4 Å². The smallest absolute Gasteiger partial charge is 0.194 e. The Labute approximate surface area is 216 Å². The number of imidazole rings is 1. The lowest BCUT2D eigenvalue weighted by molar-refractivity contribution is 0.0429. The molecule has 2 heterocycles. The van der Waals surface area contributed by atoms with E-state index in [0.717, 1.165) is 22.2 Å². The molecule has 1 atom stereocenters. The summed E-state index contributed by atoms with van der Waals surface area (Å²) in [5.41, 5.74) is 0.987. The summed E-state index contributed by atoms with van der Waals surface area (Å²) in [4.78, 5) is 9.86. The van der Waals surface area contributed by atoms with E-state index in [1.54, 1.807) is 23.8 Å². The van der Waals surface area contributed by atoms with Crippen LogP contribution in [-0.4, -0.2) is 43.9 Å². The van der Waals surface area contributed by atoms with Crippen LogP contribution in [0.25, 0.3) is 0 Å². The minimum Gasteiger partial charge on any atom is -0.361 e. The standard InChI is InChI=1S/C23H31ClFN3O4S2Si/c1-15-12-26-20(33-15)13-32-21(17-7-8-19(25)18(24)11-17)22-27-23(34(3,29)30)16(2)28(22)14-31-9-10-35(4,5)6/h7-8,11-12,21H,9-10,13-14H2,1-6H3. The molecule has 1 aromatic carbocycles. The molecular formula is C23H31ClFN3O4S2Si. The molecule has 0 saturated heterocycles. The monoisotopic (exact) mass is 559 g/mol. The zero-order chi connectivity index (χ0) is 26.0. The fourth-order valence-electron chi connectivity index (χ4n) is 3.40. The van der Waals surface area contributed by atoms with Gasteiger partial charge in [-0.1, -0.05) is 37.3 Å². The maximum atomic E-state index is 13.9. The van der Waals surface area contributed by atoms with Crippen LogP contribution in [0.4, 0.5) is 4.39 Å². The number of sulfone groups is 1. The van der Waals surface area contributed by atoms with Crippen LogP contribution in [-0.2, 0) is 32.6 Å². The second-order valence-corrected chi connectivity index (χ2v) is 18.9. The van der Waals surface area contributed by atoms with Crippen molar-refractivity contribution in [2.75, 3.05) is 12.9 Å². The summed E-state index contributed by atoms with van der Waals surface area (Å²) < 4.78 is 52.8. The maximum Gasteiger partial charge on any atom is 0.194 e. The predicted octanol–water partition coefficient (Wildman–Crippen LogP) is 5.77. The van der Waals surface area contributed by atoms with E-state index in [4.69, 9.17) is 21.1 Å². The van der Waals surface area contributed by atoms with Gasteiger partial charge in [0.2, 0.25) is 0 Å². The molecule has 3 rings (SSSR count). The van der Waals surface area contributed by atoms with Crippen molar-refractivity contribution in [3.8, 4) is 0 Å². The highest BCUT2D eigenvalue weighted by Gasteiger charge is 2.29. The van der Waals surface area contributed by atoms with E-state index in [9.17, 15) is 12.8 Å². The molecule has 0 aliphatic heterocycles. The highest BCUT2D eigenvalue weighted by molar-refractivity contribution is 7.90. The Morgan fingerprint density at radius 3 is 2.54 bits per heavy atom. The van der Waals surface area contributed by atoms with Gasteiger partial charge in [0.15, 0.2) is 14.9 Å². The lowest BCUT2D eigenvalue weighted by Gasteiger charge is -2.21. The maximum absolute atomic E-state index is 13.9. The van der Waals surface area contributed by atoms with Gasteiger partial charge in [-0.25, -0.2) is 22.8 Å². The number of rotatable bonds is 11. The summed E-state index contributed by atoms with van der Waals surface area (Å²) in [6, 6.07) is 5.24. The van der Waals surface area contributed by atoms with Gasteiger partial charge in [-0.05, 0) is 37.6 Å². The Balaban J connectivity index is 2.04. The molecule has 2 aromatic heterocycles. The summed E-state index contributed by atoms with van der Waals surface area (Å²) >= 11 is 7.57. The van der Waals surface area contributed by atoms with Crippen LogP contribution in [0.5, 0.6) is 0 Å². The van der Waals surface area contributed by atoms with E-state index in [1.807, 2.05) is 6.92 Å². The summed E-state index contributed by atoms with van der Waals surface area (Å²) in [5, 5.41) is 0.643. The first-order valence-electron chi connectivity index (χ1n) is 11.1. The first-order valence-corrected chi connectivity index (χ1v) is 17.9. The molecule has 3 aromatic rings. The van der Waals surface area contributed by atoms with Crippen LogP contribution >= 0.6 is 22.9 Å². The number of ether oxygens (including phenoxy) is 2. The molecule has 0 radical (unpaired) electrons. The van der Waals surface area contributed by atoms with Crippen LogP contribution in [0, 0.1) is 19.7 Å². The molecule has 192 valence electrons. The lowest BCUT2D eigenvalue weighted by atomic mass is 10.1. The molecule has 0 aliphatic rings. The summed E-state index contributed by atoms with van der Waals surface area (Å²) in [6.45, 7) is 11.2. The topological polar surface area (TPSA) is 83.3 Å². The Morgan fingerprint density at radius 1 is 1.26 bits per heavy atom. The Morgan fingerprint density at radius 2 is 1.97 bits per heavy atom. The quantitative estimate of drug-likeness (QED) is 0.219. The molecule has 0 N–H and O–H groups in total. The van der Waals surface area contributed by atoms with Crippen molar-refractivity contribution < 1.29 is 22.3 Å². The normalized spacial score (nSPS) is 13.4. The molecule has 0 spiro atoms. The minimum atomic E-state index is -3.62. The number of aryl methyl sites for hydroxylation is 1. The van der Waals surface area contributed by atoms with Gasteiger partial charge in [-0.15, -0.1) is 11.3 Å².